The molecule has 5 heteroatoms. The molecule has 0 fully saturated rings. The summed E-state index contributed by atoms with van der Waals surface area (Å²) in [5.41, 5.74) is 1.54. The number of ketones is 2. The fraction of sp³-hybridized carbons (Fsp3) is 0.438. The van der Waals surface area contributed by atoms with E-state index in [0.29, 0.717) is 12.2 Å². The van der Waals surface area contributed by atoms with Crippen LogP contribution in [0.3, 0.4) is 0 Å². The van der Waals surface area contributed by atoms with Crippen LogP contribution in [0.25, 0.3) is 0 Å². The Balaban J connectivity index is 3.00. The molecule has 0 aromatic heterocycles. The van der Waals surface area contributed by atoms with Gasteiger partial charge in [0.25, 0.3) is 0 Å². The Hall–Kier alpha value is -2.01. The molecular formula is C16H22N2O3. The summed E-state index contributed by atoms with van der Waals surface area (Å²) in [6.45, 7) is 6.50. The Morgan fingerprint density at radius 3 is 2.24 bits per heavy atom. The van der Waals surface area contributed by atoms with E-state index in [4.69, 9.17) is 5.11 Å². The van der Waals surface area contributed by atoms with E-state index < -0.39 is 0 Å². The maximum atomic E-state index is 11.7. The number of aliphatic imine (C=N–C) groups is 1. The standard InChI is InChI=1S/C16H22N2O3/c1-4-15(21)16(12(3)20)17-13-6-8-14(9-7-13)18(5-2)10-11-19/h6-9,19H,4-5,10-11H2,1-3H3. The molecule has 114 valence electrons. The van der Waals surface area contributed by atoms with Gasteiger partial charge in [-0.2, -0.15) is 0 Å². The van der Waals surface area contributed by atoms with Gasteiger partial charge in [-0.05, 0) is 31.2 Å². The lowest BCUT2D eigenvalue weighted by Gasteiger charge is -2.21. The van der Waals surface area contributed by atoms with Crippen molar-refractivity contribution in [2.45, 2.75) is 27.2 Å². The van der Waals surface area contributed by atoms with Crippen molar-refractivity contribution in [3.63, 3.8) is 0 Å². The highest BCUT2D eigenvalue weighted by Gasteiger charge is 2.14. The average Bonchev–Trinajstić information content (AvgIpc) is 2.50. The number of rotatable bonds is 8. The van der Waals surface area contributed by atoms with Gasteiger partial charge in [0.1, 0.15) is 5.71 Å². The summed E-state index contributed by atoms with van der Waals surface area (Å²) in [6, 6.07) is 7.26. The second-order valence-corrected chi connectivity index (χ2v) is 4.61. The topological polar surface area (TPSA) is 70.0 Å². The molecule has 0 aliphatic rings. The molecule has 21 heavy (non-hydrogen) atoms. The Bertz CT molecular complexity index is 521. The van der Waals surface area contributed by atoms with Gasteiger partial charge in [-0.1, -0.05) is 6.92 Å². The van der Waals surface area contributed by atoms with Gasteiger partial charge in [0, 0.05) is 32.1 Å². The van der Waals surface area contributed by atoms with Crippen LogP contribution in [0.4, 0.5) is 11.4 Å². The number of Topliss-reactive ketones (excluding diaryl/α,β-unsaturated/α-hetero) is 2. The highest BCUT2D eigenvalue weighted by Crippen LogP contribution is 2.20. The predicted octanol–water partition coefficient (Wildman–Crippen LogP) is 2.15. The number of anilines is 1. The quantitative estimate of drug-likeness (QED) is 0.588. The second kappa shape index (κ2) is 8.32. The normalized spacial score (nSPS) is 11.3. The predicted molar refractivity (Wildman–Crippen MR) is 84.5 cm³/mol. The number of benzene rings is 1. The van der Waals surface area contributed by atoms with E-state index in [2.05, 4.69) is 4.99 Å². The number of aliphatic hydroxyl groups is 1. The fourth-order valence-corrected chi connectivity index (χ4v) is 1.96. The van der Waals surface area contributed by atoms with Gasteiger partial charge in [0.05, 0.1) is 12.3 Å². The molecule has 5 nitrogen and oxygen atoms in total. The third-order valence-electron chi connectivity index (χ3n) is 3.13. The molecule has 0 spiro atoms. The Kier molecular flexibility index (Phi) is 6.75. The van der Waals surface area contributed by atoms with Crippen LogP contribution in [0.2, 0.25) is 0 Å². The average molecular weight is 290 g/mol. The molecule has 0 aliphatic heterocycles. The summed E-state index contributed by atoms with van der Waals surface area (Å²) in [5.74, 6) is -0.566. The smallest absolute Gasteiger partial charge is 0.184 e. The van der Waals surface area contributed by atoms with Gasteiger partial charge >= 0.3 is 0 Å². The van der Waals surface area contributed by atoms with Crippen LogP contribution in [0.5, 0.6) is 0 Å². The number of hydrogen-bond acceptors (Lipinski definition) is 5. The summed E-state index contributed by atoms with van der Waals surface area (Å²) in [4.78, 5) is 29.3. The number of nitrogens with zero attached hydrogens (tertiary/aromatic N) is 2. The van der Waals surface area contributed by atoms with E-state index >= 15 is 0 Å². The van der Waals surface area contributed by atoms with E-state index in [0.717, 1.165) is 12.2 Å². The zero-order valence-electron chi connectivity index (χ0n) is 12.8. The van der Waals surface area contributed by atoms with Gasteiger partial charge in [0.15, 0.2) is 11.6 Å². The molecule has 0 bridgehead atoms. The zero-order chi connectivity index (χ0) is 15.8. The van der Waals surface area contributed by atoms with Crippen molar-refractivity contribution in [2.75, 3.05) is 24.6 Å². The number of carbonyl (C=O) groups is 2. The summed E-state index contributed by atoms with van der Waals surface area (Å²) < 4.78 is 0. The van der Waals surface area contributed by atoms with E-state index in [1.165, 1.54) is 6.92 Å². The molecule has 1 N–H and O–H groups in total. The molecule has 0 unspecified atom stereocenters. The lowest BCUT2D eigenvalue weighted by Crippen LogP contribution is -2.25. The molecule has 0 heterocycles. The first kappa shape index (κ1) is 17.0. The first-order valence-corrected chi connectivity index (χ1v) is 7.12. The fourth-order valence-electron chi connectivity index (χ4n) is 1.96. The van der Waals surface area contributed by atoms with Crippen LogP contribution >= 0.6 is 0 Å². The van der Waals surface area contributed by atoms with E-state index in [1.807, 2.05) is 24.0 Å². The van der Waals surface area contributed by atoms with Crippen molar-refractivity contribution >= 4 is 28.7 Å². The van der Waals surface area contributed by atoms with Crippen LogP contribution in [-0.2, 0) is 9.59 Å². The minimum Gasteiger partial charge on any atom is -0.395 e. The third kappa shape index (κ3) is 4.79. The zero-order valence-corrected chi connectivity index (χ0v) is 12.8. The summed E-state index contributed by atoms with van der Waals surface area (Å²) >= 11 is 0. The van der Waals surface area contributed by atoms with Crippen LogP contribution in [0.15, 0.2) is 29.3 Å². The van der Waals surface area contributed by atoms with Gasteiger partial charge in [0.2, 0.25) is 0 Å². The number of aliphatic hydroxyl groups excluding tert-OH is 1. The van der Waals surface area contributed by atoms with E-state index in [1.54, 1.807) is 19.1 Å². The molecule has 1 rings (SSSR count). The van der Waals surface area contributed by atoms with Gasteiger partial charge in [-0.3, -0.25) is 9.59 Å². The third-order valence-corrected chi connectivity index (χ3v) is 3.13. The number of likely N-dealkylation sites (N-methyl/N-ethyl adjacent to an activating group) is 1. The summed E-state index contributed by atoms with van der Waals surface area (Å²) in [6.07, 6.45) is 0.261. The monoisotopic (exact) mass is 290 g/mol. The number of carbonyl (C=O) groups excluding carboxylic acids is 2. The van der Waals surface area contributed by atoms with Crippen LogP contribution in [-0.4, -0.2) is 42.1 Å². The number of hydrogen-bond donors (Lipinski definition) is 1. The molecule has 0 radical (unpaired) electrons. The molecule has 1 aromatic rings. The largest absolute Gasteiger partial charge is 0.395 e. The van der Waals surface area contributed by atoms with Gasteiger partial charge in [-0.25, -0.2) is 4.99 Å². The molecule has 1 aromatic carbocycles. The highest BCUT2D eigenvalue weighted by atomic mass is 16.3. The van der Waals surface area contributed by atoms with Crippen molar-refractivity contribution in [1.29, 1.82) is 0 Å². The highest BCUT2D eigenvalue weighted by molar-refractivity contribution is 6.66. The van der Waals surface area contributed by atoms with Crippen molar-refractivity contribution < 1.29 is 14.7 Å². The minimum atomic E-state index is -0.318. The van der Waals surface area contributed by atoms with Crippen molar-refractivity contribution in [3.05, 3.63) is 24.3 Å². The molecule has 0 saturated carbocycles. The Morgan fingerprint density at radius 1 is 1.19 bits per heavy atom. The second-order valence-electron chi connectivity index (χ2n) is 4.61. The Labute approximate surface area is 125 Å². The molecule has 0 amide bonds. The lowest BCUT2D eigenvalue weighted by atomic mass is 10.1. The van der Waals surface area contributed by atoms with Crippen molar-refractivity contribution in [2.24, 2.45) is 4.99 Å². The summed E-state index contributed by atoms with van der Waals surface area (Å²) in [5, 5.41) is 9.01. The maximum absolute atomic E-state index is 11.7. The lowest BCUT2D eigenvalue weighted by molar-refractivity contribution is -0.115. The first-order valence-electron chi connectivity index (χ1n) is 7.12. The van der Waals surface area contributed by atoms with Crippen LogP contribution in [0, 0.1) is 0 Å². The molecule has 0 saturated heterocycles. The van der Waals surface area contributed by atoms with E-state index in [-0.39, 0.29) is 30.3 Å². The van der Waals surface area contributed by atoms with E-state index in [9.17, 15) is 9.59 Å². The van der Waals surface area contributed by atoms with Crippen LogP contribution in [0.1, 0.15) is 27.2 Å². The molecule has 0 aliphatic carbocycles. The first-order chi connectivity index (χ1) is 10.0. The van der Waals surface area contributed by atoms with Crippen molar-refractivity contribution in [3.8, 4) is 0 Å². The van der Waals surface area contributed by atoms with Gasteiger partial charge < -0.3 is 10.0 Å². The molecular weight excluding hydrogens is 268 g/mol. The summed E-state index contributed by atoms with van der Waals surface area (Å²) in [7, 11) is 0. The maximum Gasteiger partial charge on any atom is 0.184 e. The minimum absolute atomic E-state index is 0.00652. The SMILES string of the molecule is CCC(=O)C(=Nc1ccc(N(CC)CCO)cc1)C(C)=O. The van der Waals surface area contributed by atoms with Crippen molar-refractivity contribution in [1.82, 2.24) is 0 Å². The van der Waals surface area contributed by atoms with Crippen LogP contribution < -0.4 is 4.90 Å². The Morgan fingerprint density at radius 2 is 1.81 bits per heavy atom. The van der Waals surface area contributed by atoms with Gasteiger partial charge in [-0.15, -0.1) is 0 Å². The molecule has 0 atom stereocenters.